The van der Waals surface area contributed by atoms with E-state index in [0.29, 0.717) is 24.4 Å². The van der Waals surface area contributed by atoms with Crippen molar-refractivity contribution in [1.82, 2.24) is 0 Å². The Bertz CT molecular complexity index is 586. The summed E-state index contributed by atoms with van der Waals surface area (Å²) in [5.41, 5.74) is 0. The quantitative estimate of drug-likeness (QED) is 0.354. The van der Waals surface area contributed by atoms with E-state index in [4.69, 9.17) is 13.3 Å². The fourth-order valence-electron chi connectivity index (χ4n) is 7.45. The lowest BCUT2D eigenvalue weighted by molar-refractivity contribution is 0.248. The minimum absolute atomic E-state index is 0.158. The smallest absolute Gasteiger partial charge is 0.262 e. The molecule has 4 bridgehead atoms. The van der Waals surface area contributed by atoms with Crippen LogP contribution in [0.5, 0.6) is 0 Å². The van der Waals surface area contributed by atoms with Crippen LogP contribution < -0.4 is 0 Å². The van der Waals surface area contributed by atoms with E-state index >= 15 is 0 Å². The van der Waals surface area contributed by atoms with Crippen LogP contribution in [0.4, 0.5) is 0 Å². The van der Waals surface area contributed by atoms with E-state index in [1.165, 1.54) is 50.3 Å². The molecule has 0 radical (unpaired) electrons. The van der Waals surface area contributed by atoms with Crippen molar-refractivity contribution in [2.75, 3.05) is 12.0 Å². The lowest BCUT2D eigenvalue weighted by Gasteiger charge is -2.25. The summed E-state index contributed by atoms with van der Waals surface area (Å²) in [4.78, 5) is 0. The molecule has 0 amide bonds. The van der Waals surface area contributed by atoms with Gasteiger partial charge in [-0.15, -0.1) is 0 Å². The lowest BCUT2D eigenvalue weighted by atomic mass is 9.87. The Morgan fingerprint density at radius 2 is 1.42 bits per heavy atom. The average molecular weight is 396 g/mol. The summed E-state index contributed by atoms with van der Waals surface area (Å²) in [7, 11) is -1.52. The molecule has 0 aromatic carbocycles. The maximum atomic E-state index is 6.70. The van der Waals surface area contributed by atoms with Gasteiger partial charge in [0, 0.05) is 0 Å². The largest absolute Gasteiger partial charge is 0.369 e. The number of hydrogen-bond acceptors (Lipinski definition) is 3. The van der Waals surface area contributed by atoms with E-state index in [9.17, 15) is 0 Å². The van der Waals surface area contributed by atoms with Crippen molar-refractivity contribution in [3.05, 3.63) is 0 Å². The van der Waals surface area contributed by atoms with Gasteiger partial charge in [0.1, 0.15) is 23.2 Å². The van der Waals surface area contributed by atoms with Crippen LogP contribution in [0.3, 0.4) is 0 Å². The van der Waals surface area contributed by atoms with Crippen molar-refractivity contribution in [2.45, 2.75) is 82.1 Å². The van der Waals surface area contributed by atoms with E-state index in [1.807, 2.05) is 0 Å². The first-order valence-corrected chi connectivity index (χ1v) is 16.0. The number of rotatable bonds is 8. The zero-order valence-electron chi connectivity index (χ0n) is 16.6. The summed E-state index contributed by atoms with van der Waals surface area (Å²) in [5, 5.41) is 0. The third-order valence-corrected chi connectivity index (χ3v) is 14.0. The van der Waals surface area contributed by atoms with Gasteiger partial charge in [-0.2, -0.15) is 0 Å². The SMILES string of the molecule is C[S+](CCC1CC2CC1C1OC21)O[Si](C)(C)CCC1CC2CC1C1OC21. The summed E-state index contributed by atoms with van der Waals surface area (Å²) < 4.78 is 18.4. The summed E-state index contributed by atoms with van der Waals surface area (Å²) in [6.07, 6.45) is 13.7. The molecule has 4 saturated carbocycles. The standard InChI is InChI=1S/C21H35O3SSi/c1-25(6-4-12-8-14-10-16(12)20-18(14)22-20)24-26(2,3)7-5-13-9-15-11-17(13)21-19(15)23-21/h12-21H,4-11H2,1-3H3/q+1. The van der Waals surface area contributed by atoms with Gasteiger partial charge in [0.15, 0.2) is 0 Å². The number of hydrogen-bond donors (Lipinski definition) is 0. The number of epoxide rings is 2. The van der Waals surface area contributed by atoms with Crippen molar-refractivity contribution in [3.8, 4) is 0 Å². The second-order valence-corrected chi connectivity index (χ2v) is 17.1. The van der Waals surface area contributed by atoms with Crippen molar-refractivity contribution >= 4 is 19.5 Å². The van der Waals surface area contributed by atoms with Crippen LogP contribution in [0.25, 0.3) is 0 Å². The molecular weight excluding hydrogens is 360 g/mol. The third kappa shape index (κ3) is 2.87. The summed E-state index contributed by atoms with van der Waals surface area (Å²) in [6.45, 7) is 4.92. The van der Waals surface area contributed by atoms with Gasteiger partial charge in [0.2, 0.25) is 0 Å². The molecular formula is C21H35O3SSi+. The second-order valence-electron chi connectivity index (χ2n) is 10.9. The van der Waals surface area contributed by atoms with Gasteiger partial charge in [-0.25, -0.2) is 3.87 Å². The predicted molar refractivity (Wildman–Crippen MR) is 107 cm³/mol. The second kappa shape index (κ2) is 5.98. The molecule has 5 heteroatoms. The highest BCUT2D eigenvalue weighted by Crippen LogP contribution is 2.60. The van der Waals surface area contributed by atoms with Gasteiger partial charge in [-0.3, -0.25) is 0 Å². The lowest BCUT2D eigenvalue weighted by Crippen LogP contribution is -2.35. The van der Waals surface area contributed by atoms with Crippen LogP contribution in [0.15, 0.2) is 0 Å². The molecule has 146 valence electrons. The summed E-state index contributed by atoms with van der Waals surface area (Å²) in [5.74, 6) is 6.80. The van der Waals surface area contributed by atoms with Gasteiger partial charge in [-0.1, -0.05) is 6.42 Å². The van der Waals surface area contributed by atoms with Crippen LogP contribution in [-0.4, -0.2) is 44.7 Å². The minimum atomic E-state index is -1.52. The minimum Gasteiger partial charge on any atom is -0.369 e. The van der Waals surface area contributed by atoms with Crippen LogP contribution >= 0.6 is 0 Å². The Balaban J connectivity index is 0.947. The molecule has 6 aliphatic rings. The Morgan fingerprint density at radius 3 is 1.96 bits per heavy atom. The first-order valence-electron chi connectivity index (χ1n) is 11.1. The Kier molecular flexibility index (Phi) is 3.98. The van der Waals surface area contributed by atoms with Gasteiger partial charge in [0.25, 0.3) is 8.32 Å². The molecule has 11 atom stereocenters. The van der Waals surface area contributed by atoms with E-state index in [-0.39, 0.29) is 11.2 Å². The van der Waals surface area contributed by atoms with Crippen molar-refractivity contribution in [3.63, 3.8) is 0 Å². The molecule has 0 aromatic rings. The normalized spacial score (nSPS) is 53.7. The molecule has 2 aliphatic heterocycles. The van der Waals surface area contributed by atoms with E-state index < -0.39 is 8.32 Å². The number of fused-ring (bicyclic) bond motifs is 10. The van der Waals surface area contributed by atoms with Crippen LogP contribution in [0.1, 0.15) is 38.5 Å². The van der Waals surface area contributed by atoms with Crippen LogP contribution in [0, 0.1) is 35.5 Å². The number of ether oxygens (including phenoxy) is 2. The highest BCUT2D eigenvalue weighted by Gasteiger charge is 2.63. The molecule has 2 heterocycles. The maximum absolute atomic E-state index is 6.70. The Hall–Kier alpha value is 0.447. The molecule has 6 fully saturated rings. The first kappa shape index (κ1) is 17.3. The molecule has 0 N–H and O–H groups in total. The molecule has 2 saturated heterocycles. The predicted octanol–water partition coefficient (Wildman–Crippen LogP) is 4.00. The van der Waals surface area contributed by atoms with Crippen molar-refractivity contribution in [2.24, 2.45) is 35.5 Å². The highest BCUT2D eigenvalue weighted by atomic mass is 32.2. The monoisotopic (exact) mass is 395 g/mol. The van der Waals surface area contributed by atoms with E-state index in [0.717, 1.165) is 35.5 Å². The van der Waals surface area contributed by atoms with Crippen LogP contribution in [-0.2, 0) is 24.5 Å². The Morgan fingerprint density at radius 1 is 0.846 bits per heavy atom. The molecule has 0 aromatic heterocycles. The molecule has 11 unspecified atom stereocenters. The van der Waals surface area contributed by atoms with Gasteiger partial charge in [-0.05, 0) is 86.7 Å². The van der Waals surface area contributed by atoms with Crippen molar-refractivity contribution in [1.29, 1.82) is 0 Å². The first-order chi connectivity index (χ1) is 12.5. The van der Waals surface area contributed by atoms with Gasteiger partial charge in [0.05, 0.1) is 24.4 Å². The molecule has 4 aliphatic carbocycles. The summed E-state index contributed by atoms with van der Waals surface area (Å²) in [6, 6.07) is 1.35. The van der Waals surface area contributed by atoms with Gasteiger partial charge < -0.3 is 9.47 Å². The zero-order chi connectivity index (χ0) is 17.6. The highest BCUT2D eigenvalue weighted by molar-refractivity contribution is 7.92. The maximum Gasteiger partial charge on any atom is 0.262 e. The molecule has 6 rings (SSSR count). The topological polar surface area (TPSA) is 34.3 Å². The molecule has 26 heavy (non-hydrogen) atoms. The molecule has 0 spiro atoms. The van der Waals surface area contributed by atoms with Crippen molar-refractivity contribution < 1.29 is 13.3 Å². The summed E-state index contributed by atoms with van der Waals surface area (Å²) >= 11 is 0.158. The third-order valence-electron chi connectivity index (χ3n) is 8.73. The van der Waals surface area contributed by atoms with Crippen LogP contribution in [0.2, 0.25) is 19.1 Å². The van der Waals surface area contributed by atoms with E-state index in [2.05, 4.69) is 19.3 Å². The zero-order valence-corrected chi connectivity index (χ0v) is 18.4. The molecule has 3 nitrogen and oxygen atoms in total. The average Bonchev–Trinajstić information content (AvgIpc) is 3.43. The van der Waals surface area contributed by atoms with Gasteiger partial charge >= 0.3 is 0 Å². The fourth-order valence-corrected chi connectivity index (χ4v) is 12.9. The van der Waals surface area contributed by atoms with E-state index in [1.54, 1.807) is 0 Å². The fraction of sp³-hybridized carbons (Fsp3) is 1.00. The Labute approximate surface area is 162 Å².